The third-order valence-corrected chi connectivity index (χ3v) is 4.74. The molecule has 0 aromatic heterocycles. The van der Waals surface area contributed by atoms with Crippen LogP contribution in [0.1, 0.15) is 43.1 Å². The van der Waals surface area contributed by atoms with Gasteiger partial charge < -0.3 is 20.1 Å². The molecule has 1 aliphatic heterocycles. The first-order valence-corrected chi connectivity index (χ1v) is 9.95. The number of hydrogen-bond donors (Lipinski definition) is 2. The van der Waals surface area contributed by atoms with E-state index in [9.17, 15) is 9.90 Å². The smallest absolute Gasteiger partial charge is 0.340 e. The maximum atomic E-state index is 12.8. The summed E-state index contributed by atoms with van der Waals surface area (Å²) in [5.41, 5.74) is 1.14. The number of halogens is 2. The van der Waals surface area contributed by atoms with Crippen LogP contribution in [-0.4, -0.2) is 48.2 Å². The van der Waals surface area contributed by atoms with Crippen LogP contribution >= 0.6 is 27.5 Å². The summed E-state index contributed by atoms with van der Waals surface area (Å²) in [6.07, 6.45) is 0.329. The number of nitrogens with zero attached hydrogens (tertiary/aromatic N) is 1. The normalized spacial score (nSPS) is 17.9. The van der Waals surface area contributed by atoms with E-state index < -0.39 is 16.6 Å². The lowest BCUT2D eigenvalue weighted by Crippen LogP contribution is -2.44. The molecule has 1 heterocycles. The van der Waals surface area contributed by atoms with Crippen LogP contribution in [0.2, 0.25) is 0 Å². The Morgan fingerprint density at radius 2 is 2.00 bits per heavy atom. The third kappa shape index (κ3) is 5.58. The molecular weight excluding hydrogens is 408 g/mol. The second kappa shape index (κ2) is 8.25. The molecule has 2 rings (SSSR count). The number of carbonyl (C=O) groups is 1. The number of alkyl halides is 2. The van der Waals surface area contributed by atoms with Gasteiger partial charge in [0.15, 0.2) is 5.06 Å². The summed E-state index contributed by atoms with van der Waals surface area (Å²) in [6, 6.07) is 5.28. The van der Waals surface area contributed by atoms with Crippen molar-refractivity contribution in [2.24, 2.45) is 0 Å². The van der Waals surface area contributed by atoms with E-state index in [0.29, 0.717) is 22.9 Å². The van der Waals surface area contributed by atoms with E-state index in [4.69, 9.17) is 16.3 Å². The summed E-state index contributed by atoms with van der Waals surface area (Å²) in [4.78, 5) is 14.9. The molecule has 7 heteroatoms. The highest BCUT2D eigenvalue weighted by molar-refractivity contribution is 9.09. The monoisotopic (exact) mass is 432 g/mol. The summed E-state index contributed by atoms with van der Waals surface area (Å²) in [5.74, 6) is -0.408. The molecule has 0 radical (unpaired) electrons. The van der Waals surface area contributed by atoms with Crippen molar-refractivity contribution in [2.45, 2.75) is 37.9 Å². The average molecular weight is 434 g/mol. The Labute approximate surface area is 162 Å². The Kier molecular flexibility index (Phi) is 6.76. The second-order valence-electron chi connectivity index (χ2n) is 7.17. The largest absolute Gasteiger partial charge is 0.456 e. The quantitative estimate of drug-likeness (QED) is 0.551. The van der Waals surface area contributed by atoms with Gasteiger partial charge in [-0.05, 0) is 38.5 Å². The number of aliphatic hydroxyl groups is 1. The molecule has 0 spiro atoms. The Balaban J connectivity index is 2.43. The molecule has 0 aliphatic carbocycles. The zero-order valence-corrected chi connectivity index (χ0v) is 17.3. The average Bonchev–Trinajstić information content (AvgIpc) is 2.53. The zero-order chi connectivity index (χ0) is 18.7. The van der Waals surface area contributed by atoms with E-state index >= 15 is 0 Å². The van der Waals surface area contributed by atoms with E-state index in [1.165, 1.54) is 0 Å². The predicted octanol–water partition coefficient (Wildman–Crippen LogP) is 3.22. The third-order valence-electron chi connectivity index (χ3n) is 3.94. The number of carbonyl (C=O) groups excluding carboxylic acids is 1. The zero-order valence-electron chi connectivity index (χ0n) is 14.9. The van der Waals surface area contributed by atoms with Crippen molar-refractivity contribution >= 4 is 39.2 Å². The van der Waals surface area contributed by atoms with Crippen LogP contribution in [0.4, 0.5) is 5.69 Å². The molecule has 1 aromatic carbocycles. The lowest BCUT2D eigenvalue weighted by atomic mass is 10.0. The molecule has 1 unspecified atom stereocenters. The Hall–Kier alpha value is -0.820. The Morgan fingerprint density at radius 1 is 1.36 bits per heavy atom. The highest BCUT2D eigenvalue weighted by atomic mass is 79.9. The van der Waals surface area contributed by atoms with Crippen molar-refractivity contribution in [3.05, 3.63) is 29.3 Å². The molecule has 140 valence electrons. The maximum absolute atomic E-state index is 12.8. The molecule has 25 heavy (non-hydrogen) atoms. The SMILES string of the molecule is CC(C)(C)OC(=O)c1cc(C(O)(Cl)CCBr)ccc1N1CCNCC1. The molecule has 1 aliphatic rings. The van der Waals surface area contributed by atoms with Gasteiger partial charge in [-0.15, -0.1) is 0 Å². The van der Waals surface area contributed by atoms with E-state index in [0.717, 1.165) is 31.9 Å². The van der Waals surface area contributed by atoms with Crippen LogP contribution in [-0.2, 0) is 9.80 Å². The van der Waals surface area contributed by atoms with Gasteiger partial charge in [-0.25, -0.2) is 4.79 Å². The fourth-order valence-electron chi connectivity index (χ4n) is 2.72. The van der Waals surface area contributed by atoms with Gasteiger partial charge >= 0.3 is 5.97 Å². The number of hydrogen-bond acceptors (Lipinski definition) is 5. The number of rotatable bonds is 5. The molecule has 0 amide bonds. The molecule has 0 saturated carbocycles. The van der Waals surface area contributed by atoms with Crippen molar-refractivity contribution in [1.29, 1.82) is 0 Å². The molecule has 0 bridgehead atoms. The van der Waals surface area contributed by atoms with Crippen LogP contribution in [0.25, 0.3) is 0 Å². The first-order valence-electron chi connectivity index (χ1n) is 8.45. The molecule has 2 N–H and O–H groups in total. The Morgan fingerprint density at radius 3 is 2.56 bits per heavy atom. The summed E-state index contributed by atoms with van der Waals surface area (Å²) in [5, 5.41) is 12.8. The number of benzene rings is 1. The molecule has 1 fully saturated rings. The minimum Gasteiger partial charge on any atom is -0.456 e. The van der Waals surface area contributed by atoms with Gasteiger partial charge in [0.05, 0.1) is 11.3 Å². The van der Waals surface area contributed by atoms with Crippen LogP contribution < -0.4 is 10.2 Å². The topological polar surface area (TPSA) is 61.8 Å². The van der Waals surface area contributed by atoms with E-state index in [1.54, 1.807) is 12.1 Å². The summed E-state index contributed by atoms with van der Waals surface area (Å²) < 4.78 is 5.57. The van der Waals surface area contributed by atoms with Gasteiger partial charge in [-0.2, -0.15) is 0 Å². The summed E-state index contributed by atoms with van der Waals surface area (Å²) in [7, 11) is 0. The standard InChI is InChI=1S/C18H26BrClN2O3/c1-17(2,3)25-16(23)14-12-13(18(20,24)6-7-19)4-5-15(14)22-10-8-21-9-11-22/h4-5,12,21,24H,6-11H2,1-3H3. The van der Waals surface area contributed by atoms with Crippen molar-refractivity contribution in [2.75, 3.05) is 36.4 Å². The van der Waals surface area contributed by atoms with Gasteiger partial charge in [-0.1, -0.05) is 33.6 Å². The highest BCUT2D eigenvalue weighted by Gasteiger charge is 2.30. The van der Waals surface area contributed by atoms with E-state index in [2.05, 4.69) is 26.1 Å². The fourth-order valence-corrected chi connectivity index (χ4v) is 3.74. The van der Waals surface area contributed by atoms with Gasteiger partial charge in [0.2, 0.25) is 0 Å². The maximum Gasteiger partial charge on any atom is 0.340 e. The van der Waals surface area contributed by atoms with Crippen LogP contribution in [0.5, 0.6) is 0 Å². The van der Waals surface area contributed by atoms with Gasteiger partial charge in [0.25, 0.3) is 0 Å². The minimum atomic E-state index is -1.53. The molecular formula is C18H26BrClN2O3. The lowest BCUT2D eigenvalue weighted by Gasteiger charge is -2.32. The molecule has 5 nitrogen and oxygen atoms in total. The fraction of sp³-hybridized carbons (Fsp3) is 0.611. The van der Waals surface area contributed by atoms with Crippen molar-refractivity contribution < 1.29 is 14.6 Å². The van der Waals surface area contributed by atoms with Gasteiger partial charge in [0, 0.05) is 37.9 Å². The second-order valence-corrected chi connectivity index (χ2v) is 8.59. The molecule has 1 atom stereocenters. The summed E-state index contributed by atoms with van der Waals surface area (Å²) in [6.45, 7) is 8.84. The van der Waals surface area contributed by atoms with Gasteiger partial charge in [0.1, 0.15) is 5.60 Å². The van der Waals surface area contributed by atoms with Crippen LogP contribution in [0, 0.1) is 0 Å². The lowest BCUT2D eigenvalue weighted by molar-refractivity contribution is 0.00699. The number of ether oxygens (including phenoxy) is 1. The van der Waals surface area contributed by atoms with Crippen LogP contribution in [0.15, 0.2) is 18.2 Å². The first kappa shape index (κ1) is 20.5. The first-order chi connectivity index (χ1) is 11.6. The van der Waals surface area contributed by atoms with E-state index in [1.807, 2.05) is 26.8 Å². The van der Waals surface area contributed by atoms with Gasteiger partial charge in [-0.3, -0.25) is 0 Å². The van der Waals surface area contributed by atoms with Crippen molar-refractivity contribution in [3.8, 4) is 0 Å². The van der Waals surface area contributed by atoms with Crippen LogP contribution in [0.3, 0.4) is 0 Å². The van der Waals surface area contributed by atoms with E-state index in [-0.39, 0.29) is 0 Å². The van der Waals surface area contributed by atoms with Crippen molar-refractivity contribution in [3.63, 3.8) is 0 Å². The highest BCUT2D eigenvalue weighted by Crippen LogP contribution is 2.34. The summed E-state index contributed by atoms with van der Waals surface area (Å²) >= 11 is 9.55. The number of esters is 1. The Bertz CT molecular complexity index is 611. The number of anilines is 1. The minimum absolute atomic E-state index is 0.329. The number of piperazine rings is 1. The van der Waals surface area contributed by atoms with Crippen molar-refractivity contribution in [1.82, 2.24) is 5.32 Å². The predicted molar refractivity (Wildman–Crippen MR) is 105 cm³/mol. The molecule has 1 saturated heterocycles. The number of nitrogens with one attached hydrogen (secondary N) is 1. The molecule has 1 aromatic rings.